The molecule has 0 saturated carbocycles. The predicted molar refractivity (Wildman–Crippen MR) is 53.8 cm³/mol. The van der Waals surface area contributed by atoms with E-state index in [4.69, 9.17) is 0 Å². The van der Waals surface area contributed by atoms with Crippen molar-refractivity contribution in [2.24, 2.45) is 0 Å². The Hall–Kier alpha value is -1.64. The maximum atomic E-state index is 10.7. The van der Waals surface area contributed by atoms with Crippen LogP contribution in [0.3, 0.4) is 0 Å². The lowest BCUT2D eigenvalue weighted by Crippen LogP contribution is -2.23. The molecule has 0 aliphatic carbocycles. The van der Waals surface area contributed by atoms with Gasteiger partial charge in [-0.1, -0.05) is 23.8 Å². The number of hydrogen-bond donors (Lipinski definition) is 1. The molecule has 14 heavy (non-hydrogen) atoms. The van der Waals surface area contributed by atoms with E-state index in [0.717, 1.165) is 16.7 Å². The smallest absolute Gasteiger partial charge is 0.284 e. The molecule has 1 rings (SSSR count). The molecule has 0 aliphatic heterocycles. The average molecular weight is 191 g/mol. The highest BCUT2D eigenvalue weighted by Gasteiger charge is 2.01. The van der Waals surface area contributed by atoms with E-state index in [1.807, 2.05) is 32.0 Å². The molecule has 0 heterocycles. The summed E-state index contributed by atoms with van der Waals surface area (Å²) < 4.78 is 0. The summed E-state index contributed by atoms with van der Waals surface area (Å²) in [7, 11) is 0. The van der Waals surface area contributed by atoms with E-state index in [1.165, 1.54) is 0 Å². The number of nitrogens with one attached hydrogen (secondary N) is 1. The third-order valence-electron chi connectivity index (χ3n) is 2.06. The standard InChI is InChI=1S/C11H13NO2/c1-8-3-4-9(2)10(5-8)6-12-11(14)7-13/h3-5,7H,6H2,1-2H3,(H,12,14). The zero-order valence-corrected chi connectivity index (χ0v) is 8.33. The van der Waals surface area contributed by atoms with Crippen LogP contribution in [-0.4, -0.2) is 12.2 Å². The van der Waals surface area contributed by atoms with Gasteiger partial charge in [-0.2, -0.15) is 0 Å². The monoisotopic (exact) mass is 191 g/mol. The molecule has 3 heteroatoms. The van der Waals surface area contributed by atoms with Crippen LogP contribution >= 0.6 is 0 Å². The van der Waals surface area contributed by atoms with Crippen molar-refractivity contribution in [3.63, 3.8) is 0 Å². The second-order valence-electron chi connectivity index (χ2n) is 3.27. The van der Waals surface area contributed by atoms with E-state index in [0.29, 0.717) is 6.54 Å². The number of carbonyl (C=O) groups excluding carboxylic acids is 2. The molecule has 0 radical (unpaired) electrons. The summed E-state index contributed by atoms with van der Waals surface area (Å²) >= 11 is 0. The molecule has 1 aromatic rings. The van der Waals surface area contributed by atoms with E-state index in [2.05, 4.69) is 5.32 Å². The van der Waals surface area contributed by atoms with Crippen molar-refractivity contribution >= 4 is 12.2 Å². The molecule has 0 aromatic heterocycles. The minimum Gasteiger partial charge on any atom is -0.346 e. The molecule has 74 valence electrons. The van der Waals surface area contributed by atoms with Crippen LogP contribution in [0.5, 0.6) is 0 Å². The normalized spacial score (nSPS) is 9.57. The van der Waals surface area contributed by atoms with Gasteiger partial charge in [0.15, 0.2) is 0 Å². The lowest BCUT2D eigenvalue weighted by atomic mass is 10.1. The molecule has 0 saturated heterocycles. The molecule has 1 amide bonds. The number of aldehydes is 1. The Bertz CT molecular complexity index is 358. The lowest BCUT2D eigenvalue weighted by molar-refractivity contribution is -0.131. The lowest BCUT2D eigenvalue weighted by Gasteiger charge is -2.06. The Kier molecular flexibility index (Phi) is 3.40. The molecule has 0 unspecified atom stereocenters. The van der Waals surface area contributed by atoms with Crippen LogP contribution in [0, 0.1) is 13.8 Å². The second kappa shape index (κ2) is 4.56. The van der Waals surface area contributed by atoms with Crippen molar-refractivity contribution in [3.05, 3.63) is 34.9 Å². The van der Waals surface area contributed by atoms with Gasteiger partial charge in [0.1, 0.15) is 0 Å². The minimum atomic E-state index is -0.578. The molecule has 1 aromatic carbocycles. The summed E-state index contributed by atoms with van der Waals surface area (Å²) in [6.45, 7) is 4.37. The number of benzene rings is 1. The minimum absolute atomic E-state index is 0.283. The van der Waals surface area contributed by atoms with Crippen molar-refractivity contribution in [3.8, 4) is 0 Å². The van der Waals surface area contributed by atoms with E-state index < -0.39 is 5.91 Å². The number of hydrogen-bond acceptors (Lipinski definition) is 2. The zero-order chi connectivity index (χ0) is 10.6. The van der Waals surface area contributed by atoms with Crippen LogP contribution in [0.2, 0.25) is 0 Å². The summed E-state index contributed by atoms with van der Waals surface area (Å²) in [6.07, 6.45) is 0.283. The Morgan fingerprint density at radius 3 is 2.79 bits per heavy atom. The molecule has 0 atom stereocenters. The number of aryl methyl sites for hydroxylation is 2. The first-order valence-electron chi connectivity index (χ1n) is 4.42. The van der Waals surface area contributed by atoms with E-state index in [9.17, 15) is 9.59 Å². The Labute approximate surface area is 83.1 Å². The largest absolute Gasteiger partial charge is 0.346 e. The van der Waals surface area contributed by atoms with Gasteiger partial charge < -0.3 is 5.32 Å². The van der Waals surface area contributed by atoms with Crippen molar-refractivity contribution in [2.45, 2.75) is 20.4 Å². The highest BCUT2D eigenvalue weighted by molar-refractivity contribution is 6.23. The third-order valence-corrected chi connectivity index (χ3v) is 2.06. The number of amides is 1. The van der Waals surface area contributed by atoms with Gasteiger partial charge in [0, 0.05) is 6.54 Å². The Morgan fingerprint density at radius 2 is 2.14 bits per heavy atom. The fraction of sp³-hybridized carbons (Fsp3) is 0.273. The Balaban J connectivity index is 2.71. The summed E-state index contributed by atoms with van der Waals surface area (Å²) in [5, 5.41) is 2.51. The maximum absolute atomic E-state index is 10.7. The van der Waals surface area contributed by atoms with Crippen LogP contribution in [0.25, 0.3) is 0 Å². The van der Waals surface area contributed by atoms with Crippen LogP contribution in [0.15, 0.2) is 18.2 Å². The average Bonchev–Trinajstić information content (AvgIpc) is 2.19. The molecule has 0 spiro atoms. The molecule has 0 fully saturated rings. The molecular formula is C11H13NO2. The van der Waals surface area contributed by atoms with Crippen LogP contribution in [-0.2, 0) is 16.1 Å². The molecule has 1 N–H and O–H groups in total. The zero-order valence-electron chi connectivity index (χ0n) is 8.33. The fourth-order valence-electron chi connectivity index (χ4n) is 1.21. The quantitative estimate of drug-likeness (QED) is 0.574. The van der Waals surface area contributed by atoms with E-state index in [-0.39, 0.29) is 6.29 Å². The summed E-state index contributed by atoms with van der Waals surface area (Å²) in [5.41, 5.74) is 3.30. The first-order chi connectivity index (χ1) is 6.63. The SMILES string of the molecule is Cc1ccc(C)c(CNC(=O)C=O)c1. The first kappa shape index (κ1) is 10.4. The van der Waals surface area contributed by atoms with Gasteiger partial charge in [0.05, 0.1) is 0 Å². The van der Waals surface area contributed by atoms with Gasteiger partial charge in [-0.25, -0.2) is 0 Å². The van der Waals surface area contributed by atoms with Crippen LogP contribution in [0.1, 0.15) is 16.7 Å². The summed E-state index contributed by atoms with van der Waals surface area (Å²) in [6, 6.07) is 6.01. The van der Waals surface area contributed by atoms with Gasteiger partial charge >= 0.3 is 0 Å². The van der Waals surface area contributed by atoms with E-state index >= 15 is 0 Å². The molecular weight excluding hydrogens is 178 g/mol. The van der Waals surface area contributed by atoms with E-state index in [1.54, 1.807) is 0 Å². The second-order valence-corrected chi connectivity index (χ2v) is 3.27. The fourth-order valence-corrected chi connectivity index (χ4v) is 1.21. The summed E-state index contributed by atoms with van der Waals surface area (Å²) in [5.74, 6) is -0.578. The van der Waals surface area contributed by atoms with Gasteiger partial charge in [0.25, 0.3) is 5.91 Å². The molecule has 3 nitrogen and oxygen atoms in total. The van der Waals surface area contributed by atoms with Crippen molar-refractivity contribution in [1.82, 2.24) is 5.32 Å². The highest BCUT2D eigenvalue weighted by Crippen LogP contribution is 2.09. The van der Waals surface area contributed by atoms with Crippen molar-refractivity contribution in [1.29, 1.82) is 0 Å². The van der Waals surface area contributed by atoms with Crippen molar-refractivity contribution in [2.75, 3.05) is 0 Å². The molecule has 0 bridgehead atoms. The summed E-state index contributed by atoms with van der Waals surface area (Å²) in [4.78, 5) is 20.8. The van der Waals surface area contributed by atoms with Crippen LogP contribution in [0.4, 0.5) is 0 Å². The van der Waals surface area contributed by atoms with Gasteiger partial charge in [0.2, 0.25) is 6.29 Å². The van der Waals surface area contributed by atoms with Crippen LogP contribution < -0.4 is 5.32 Å². The highest BCUT2D eigenvalue weighted by atomic mass is 16.2. The third kappa shape index (κ3) is 2.69. The predicted octanol–water partition coefficient (Wildman–Crippen LogP) is 1.12. The van der Waals surface area contributed by atoms with Gasteiger partial charge in [-0.15, -0.1) is 0 Å². The topological polar surface area (TPSA) is 46.2 Å². The van der Waals surface area contributed by atoms with Gasteiger partial charge in [-0.3, -0.25) is 9.59 Å². The Morgan fingerprint density at radius 1 is 1.43 bits per heavy atom. The molecule has 0 aliphatic rings. The van der Waals surface area contributed by atoms with Gasteiger partial charge in [-0.05, 0) is 25.0 Å². The number of carbonyl (C=O) groups is 2. The first-order valence-corrected chi connectivity index (χ1v) is 4.42. The number of rotatable bonds is 3. The van der Waals surface area contributed by atoms with Crippen molar-refractivity contribution < 1.29 is 9.59 Å². The maximum Gasteiger partial charge on any atom is 0.284 e.